The molecule has 0 radical (unpaired) electrons. The Balaban J connectivity index is 1.42. The van der Waals surface area contributed by atoms with Crippen molar-refractivity contribution >= 4 is 10.8 Å². The van der Waals surface area contributed by atoms with Crippen LogP contribution in [0.4, 0.5) is 17.6 Å². The second-order valence-electron chi connectivity index (χ2n) is 8.21. The first kappa shape index (κ1) is 23.7. The molecule has 1 heterocycles. The van der Waals surface area contributed by atoms with E-state index in [0.29, 0.717) is 43.6 Å². The first-order chi connectivity index (χ1) is 15.8. The van der Waals surface area contributed by atoms with Gasteiger partial charge >= 0.3 is 6.18 Å². The van der Waals surface area contributed by atoms with E-state index in [1.165, 1.54) is 12.1 Å². The Kier molecular flexibility index (Phi) is 7.32. The molecule has 0 unspecified atom stereocenters. The number of hydrogen-bond acceptors (Lipinski definition) is 3. The van der Waals surface area contributed by atoms with Crippen molar-refractivity contribution in [2.75, 3.05) is 19.8 Å². The highest BCUT2D eigenvalue weighted by Crippen LogP contribution is 2.31. The van der Waals surface area contributed by atoms with Gasteiger partial charge in [-0.1, -0.05) is 43.3 Å². The van der Waals surface area contributed by atoms with E-state index in [9.17, 15) is 13.2 Å². The molecule has 176 valence electrons. The van der Waals surface area contributed by atoms with Crippen molar-refractivity contribution in [3.05, 3.63) is 82.7 Å². The molecule has 3 aromatic carbocycles. The fraction of sp³-hybridized carbons (Fsp3) is 0.385. The summed E-state index contributed by atoms with van der Waals surface area (Å²) in [6, 6.07) is 13.9. The number of alkyl halides is 3. The molecular weight excluding hydrogens is 436 g/mol. The number of benzene rings is 3. The molecule has 0 atom stereocenters. The Morgan fingerprint density at radius 2 is 1.67 bits per heavy atom. The minimum Gasteiger partial charge on any atom is -0.373 e. The average molecular weight is 462 g/mol. The third-order valence-electron chi connectivity index (χ3n) is 5.72. The highest BCUT2D eigenvalue weighted by molar-refractivity contribution is 5.84. The summed E-state index contributed by atoms with van der Waals surface area (Å²) in [5.74, 6) is -0.315. The summed E-state index contributed by atoms with van der Waals surface area (Å²) in [6.45, 7) is 3.60. The van der Waals surface area contributed by atoms with Crippen LogP contribution in [0.2, 0.25) is 0 Å². The van der Waals surface area contributed by atoms with E-state index in [1.807, 2.05) is 19.1 Å². The summed E-state index contributed by atoms with van der Waals surface area (Å²) >= 11 is 0. The molecule has 1 aliphatic heterocycles. The van der Waals surface area contributed by atoms with Gasteiger partial charge in [0.05, 0.1) is 18.8 Å². The molecule has 0 N–H and O–H groups in total. The number of rotatable bonds is 7. The van der Waals surface area contributed by atoms with E-state index in [-0.39, 0.29) is 11.9 Å². The second kappa shape index (κ2) is 10.2. The van der Waals surface area contributed by atoms with Crippen molar-refractivity contribution < 1.29 is 31.8 Å². The van der Waals surface area contributed by atoms with Crippen LogP contribution in [0.1, 0.15) is 41.9 Å². The normalized spacial score (nSPS) is 19.2. The standard InChI is InChI=1S/C26H26F4O3/c1-2-13-31-22-15-32-25(33-16-22)20-9-12-23-19(14-20)8-7-18(24(23)27)6-3-17-4-10-21(11-5-17)26(28,29)30/h4-5,7-12,14,22,25H,2-3,6,13,15-16H2,1H3. The van der Waals surface area contributed by atoms with Crippen molar-refractivity contribution in [1.29, 1.82) is 0 Å². The largest absolute Gasteiger partial charge is 0.416 e. The highest BCUT2D eigenvalue weighted by Gasteiger charge is 2.30. The lowest BCUT2D eigenvalue weighted by molar-refractivity contribution is -0.230. The fourth-order valence-corrected chi connectivity index (χ4v) is 3.89. The van der Waals surface area contributed by atoms with Gasteiger partial charge in [-0.3, -0.25) is 0 Å². The van der Waals surface area contributed by atoms with Crippen LogP contribution in [-0.2, 0) is 33.2 Å². The smallest absolute Gasteiger partial charge is 0.373 e. The molecule has 3 nitrogen and oxygen atoms in total. The number of fused-ring (bicyclic) bond motifs is 1. The molecule has 33 heavy (non-hydrogen) atoms. The van der Waals surface area contributed by atoms with Crippen molar-refractivity contribution in [3.8, 4) is 0 Å². The summed E-state index contributed by atoms with van der Waals surface area (Å²) in [7, 11) is 0. The summed E-state index contributed by atoms with van der Waals surface area (Å²) in [4.78, 5) is 0. The predicted molar refractivity (Wildman–Crippen MR) is 117 cm³/mol. The zero-order valence-electron chi connectivity index (χ0n) is 18.3. The van der Waals surface area contributed by atoms with Crippen molar-refractivity contribution in [2.24, 2.45) is 0 Å². The van der Waals surface area contributed by atoms with Gasteiger partial charge in [0, 0.05) is 17.6 Å². The Bertz CT molecular complexity index is 1070. The van der Waals surface area contributed by atoms with Gasteiger partial charge in [0.1, 0.15) is 11.9 Å². The minimum atomic E-state index is -4.36. The third-order valence-corrected chi connectivity index (χ3v) is 5.72. The summed E-state index contributed by atoms with van der Waals surface area (Å²) in [5, 5.41) is 1.23. The number of hydrogen-bond donors (Lipinski definition) is 0. The van der Waals surface area contributed by atoms with Gasteiger partial charge in [-0.05, 0) is 54.0 Å². The lowest BCUT2D eigenvalue weighted by atomic mass is 9.98. The summed E-state index contributed by atoms with van der Waals surface area (Å²) in [6.07, 6.45) is -3.18. The number of aryl methyl sites for hydroxylation is 2. The van der Waals surface area contributed by atoms with Gasteiger partial charge in [0.15, 0.2) is 6.29 Å². The quantitative estimate of drug-likeness (QED) is 0.369. The maximum atomic E-state index is 15.1. The van der Waals surface area contributed by atoms with Crippen molar-refractivity contribution in [2.45, 2.75) is 44.8 Å². The van der Waals surface area contributed by atoms with Crippen LogP contribution in [0, 0.1) is 5.82 Å². The first-order valence-electron chi connectivity index (χ1n) is 11.1. The zero-order chi connectivity index (χ0) is 23.4. The minimum absolute atomic E-state index is 0.0775. The van der Waals surface area contributed by atoms with Crippen LogP contribution >= 0.6 is 0 Å². The molecule has 1 fully saturated rings. The maximum absolute atomic E-state index is 15.1. The Morgan fingerprint density at radius 1 is 0.939 bits per heavy atom. The van der Waals surface area contributed by atoms with Gasteiger partial charge in [-0.2, -0.15) is 13.2 Å². The molecule has 0 aliphatic carbocycles. The van der Waals surface area contributed by atoms with E-state index in [1.54, 1.807) is 18.2 Å². The second-order valence-corrected chi connectivity index (χ2v) is 8.21. The van der Waals surface area contributed by atoms with Gasteiger partial charge in [0.2, 0.25) is 0 Å². The molecule has 0 spiro atoms. The van der Waals surface area contributed by atoms with Gasteiger partial charge in [-0.25, -0.2) is 4.39 Å². The van der Waals surface area contributed by atoms with Crippen LogP contribution in [0.5, 0.6) is 0 Å². The summed E-state index contributed by atoms with van der Waals surface area (Å²) < 4.78 is 70.4. The summed E-state index contributed by atoms with van der Waals surface area (Å²) in [5.41, 5.74) is 1.38. The van der Waals surface area contributed by atoms with Gasteiger partial charge < -0.3 is 14.2 Å². The third kappa shape index (κ3) is 5.72. The molecule has 7 heteroatoms. The molecule has 1 saturated heterocycles. The molecule has 1 aliphatic rings. The fourth-order valence-electron chi connectivity index (χ4n) is 3.89. The number of ether oxygens (including phenoxy) is 3. The monoisotopic (exact) mass is 462 g/mol. The van der Waals surface area contributed by atoms with E-state index < -0.39 is 18.0 Å². The average Bonchev–Trinajstić information content (AvgIpc) is 2.82. The predicted octanol–water partition coefficient (Wildman–Crippen LogP) is 6.62. The molecule has 0 bridgehead atoms. The van der Waals surface area contributed by atoms with Crippen LogP contribution in [0.25, 0.3) is 10.8 Å². The number of halogens is 4. The molecule has 0 amide bonds. The van der Waals surface area contributed by atoms with Crippen LogP contribution in [0.3, 0.4) is 0 Å². The molecular formula is C26H26F4O3. The Labute approximate surface area is 190 Å². The lowest BCUT2D eigenvalue weighted by Crippen LogP contribution is -2.33. The maximum Gasteiger partial charge on any atom is 0.416 e. The van der Waals surface area contributed by atoms with E-state index in [2.05, 4.69) is 0 Å². The highest BCUT2D eigenvalue weighted by atomic mass is 19.4. The van der Waals surface area contributed by atoms with Crippen molar-refractivity contribution in [3.63, 3.8) is 0 Å². The van der Waals surface area contributed by atoms with E-state index in [4.69, 9.17) is 14.2 Å². The Morgan fingerprint density at radius 3 is 2.33 bits per heavy atom. The topological polar surface area (TPSA) is 27.7 Å². The van der Waals surface area contributed by atoms with E-state index >= 15 is 4.39 Å². The van der Waals surface area contributed by atoms with Crippen LogP contribution in [-0.4, -0.2) is 25.9 Å². The van der Waals surface area contributed by atoms with E-state index in [0.717, 1.165) is 35.1 Å². The first-order valence-corrected chi connectivity index (χ1v) is 11.1. The van der Waals surface area contributed by atoms with Crippen LogP contribution in [0.15, 0.2) is 54.6 Å². The molecule has 0 aromatic heterocycles. The molecule has 3 aromatic rings. The molecule has 0 saturated carbocycles. The molecule has 4 rings (SSSR count). The van der Waals surface area contributed by atoms with Crippen molar-refractivity contribution in [1.82, 2.24) is 0 Å². The van der Waals surface area contributed by atoms with Crippen LogP contribution < -0.4 is 0 Å². The van der Waals surface area contributed by atoms with Gasteiger partial charge in [0.25, 0.3) is 0 Å². The SMILES string of the molecule is CCCOC1COC(c2ccc3c(F)c(CCc4ccc(C(F)(F)F)cc4)ccc3c2)OC1. The van der Waals surface area contributed by atoms with Gasteiger partial charge in [-0.15, -0.1) is 0 Å². The lowest BCUT2D eigenvalue weighted by Gasteiger charge is -2.29. The Hall–Kier alpha value is -2.48. The zero-order valence-corrected chi connectivity index (χ0v) is 18.3.